The molecule has 3 aromatic heterocycles. The summed E-state index contributed by atoms with van der Waals surface area (Å²) < 4.78 is 2.14. The first-order chi connectivity index (χ1) is 9.75. The Morgan fingerprint density at radius 1 is 1.05 bits per heavy atom. The summed E-state index contributed by atoms with van der Waals surface area (Å²) >= 11 is 0. The van der Waals surface area contributed by atoms with Crippen molar-refractivity contribution in [2.75, 3.05) is 20.6 Å². The predicted molar refractivity (Wildman–Crippen MR) is 79.3 cm³/mol. The minimum atomic E-state index is 0.840. The van der Waals surface area contributed by atoms with Crippen molar-refractivity contribution in [2.45, 2.75) is 6.54 Å². The van der Waals surface area contributed by atoms with Gasteiger partial charge in [0.1, 0.15) is 11.2 Å². The Morgan fingerprint density at radius 2 is 1.90 bits per heavy atom. The zero-order valence-electron chi connectivity index (χ0n) is 11.7. The van der Waals surface area contributed by atoms with Crippen molar-refractivity contribution in [3.63, 3.8) is 0 Å². The summed E-state index contributed by atoms with van der Waals surface area (Å²) in [4.78, 5) is 15.7. The lowest BCUT2D eigenvalue weighted by atomic mass is 10.3. The lowest BCUT2D eigenvalue weighted by Gasteiger charge is -2.12. The van der Waals surface area contributed by atoms with Gasteiger partial charge in [0.05, 0.1) is 0 Å². The summed E-state index contributed by atoms with van der Waals surface area (Å²) in [5, 5.41) is 0. The summed E-state index contributed by atoms with van der Waals surface area (Å²) in [5.41, 5.74) is 2.70. The van der Waals surface area contributed by atoms with Gasteiger partial charge in [-0.15, -0.1) is 0 Å². The van der Waals surface area contributed by atoms with E-state index in [1.165, 1.54) is 0 Å². The number of rotatable bonds is 4. The second kappa shape index (κ2) is 5.38. The number of imidazole rings is 1. The van der Waals surface area contributed by atoms with Gasteiger partial charge in [-0.2, -0.15) is 0 Å². The molecule has 0 spiro atoms. The molecule has 0 aliphatic heterocycles. The summed E-state index contributed by atoms with van der Waals surface area (Å²) in [6, 6.07) is 9.77. The molecule has 0 aliphatic carbocycles. The second-order valence-electron chi connectivity index (χ2n) is 4.95. The molecule has 0 aliphatic rings. The van der Waals surface area contributed by atoms with Crippen molar-refractivity contribution in [3.8, 4) is 11.5 Å². The van der Waals surface area contributed by atoms with E-state index in [1.54, 1.807) is 12.4 Å². The van der Waals surface area contributed by atoms with Crippen LogP contribution in [0.25, 0.3) is 22.7 Å². The molecule has 0 N–H and O–H groups in total. The van der Waals surface area contributed by atoms with E-state index in [-0.39, 0.29) is 0 Å². The topological polar surface area (TPSA) is 46.8 Å². The lowest BCUT2D eigenvalue weighted by Crippen LogP contribution is -2.19. The third-order valence-electron chi connectivity index (χ3n) is 3.17. The van der Waals surface area contributed by atoms with Crippen LogP contribution in [0.5, 0.6) is 0 Å². The Kier molecular flexibility index (Phi) is 3.43. The minimum absolute atomic E-state index is 0.840. The average Bonchev–Trinajstić information content (AvgIpc) is 2.84. The highest BCUT2D eigenvalue weighted by Gasteiger charge is 2.13. The minimum Gasteiger partial charge on any atom is -0.308 e. The van der Waals surface area contributed by atoms with E-state index in [0.29, 0.717) is 0 Å². The van der Waals surface area contributed by atoms with Crippen molar-refractivity contribution in [2.24, 2.45) is 0 Å². The van der Waals surface area contributed by atoms with Gasteiger partial charge in [-0.3, -0.25) is 4.98 Å². The van der Waals surface area contributed by atoms with Gasteiger partial charge in [-0.1, -0.05) is 6.07 Å². The first kappa shape index (κ1) is 12.7. The predicted octanol–water partition coefficient (Wildman–Crippen LogP) is 2.05. The van der Waals surface area contributed by atoms with Crippen molar-refractivity contribution in [1.29, 1.82) is 0 Å². The van der Waals surface area contributed by atoms with E-state index in [2.05, 4.69) is 38.5 Å². The summed E-state index contributed by atoms with van der Waals surface area (Å²) in [6.45, 7) is 1.77. The molecule has 0 fully saturated rings. The van der Waals surface area contributed by atoms with E-state index >= 15 is 0 Å². The maximum Gasteiger partial charge on any atom is 0.161 e. The molecule has 0 saturated carbocycles. The first-order valence-electron chi connectivity index (χ1n) is 6.63. The van der Waals surface area contributed by atoms with Crippen LogP contribution in [0.2, 0.25) is 0 Å². The van der Waals surface area contributed by atoms with E-state index in [9.17, 15) is 0 Å². The van der Waals surface area contributed by atoms with Crippen LogP contribution in [0.15, 0.2) is 42.7 Å². The number of pyridine rings is 2. The first-order valence-corrected chi connectivity index (χ1v) is 6.63. The highest BCUT2D eigenvalue weighted by Crippen LogP contribution is 2.21. The molecule has 3 heterocycles. The molecule has 3 aromatic rings. The molecule has 0 saturated heterocycles. The molecule has 3 rings (SSSR count). The zero-order valence-corrected chi connectivity index (χ0v) is 11.7. The fraction of sp³-hybridized carbons (Fsp3) is 0.267. The SMILES string of the molecule is CN(C)CCn1c(-c2ccccn2)nc2cccnc21. The Hall–Kier alpha value is -2.27. The van der Waals surface area contributed by atoms with E-state index in [4.69, 9.17) is 0 Å². The van der Waals surface area contributed by atoms with Gasteiger partial charge >= 0.3 is 0 Å². The smallest absolute Gasteiger partial charge is 0.161 e. The number of likely N-dealkylation sites (N-methyl/N-ethyl adjacent to an activating group) is 1. The normalized spacial score (nSPS) is 11.3. The molecular formula is C15H17N5. The molecule has 102 valence electrons. The van der Waals surface area contributed by atoms with Crippen molar-refractivity contribution < 1.29 is 0 Å². The van der Waals surface area contributed by atoms with Crippen molar-refractivity contribution >= 4 is 11.2 Å². The Balaban J connectivity index is 2.12. The number of hydrogen-bond acceptors (Lipinski definition) is 4. The molecule has 0 atom stereocenters. The standard InChI is InChI=1S/C15H17N5/c1-19(2)10-11-20-14-13(7-5-9-17-14)18-15(20)12-6-3-4-8-16-12/h3-9H,10-11H2,1-2H3. The Labute approximate surface area is 117 Å². The molecule has 5 nitrogen and oxygen atoms in total. The van der Waals surface area contributed by atoms with Crippen LogP contribution in [0, 0.1) is 0 Å². The molecule has 5 heteroatoms. The number of aromatic nitrogens is 4. The second-order valence-corrected chi connectivity index (χ2v) is 4.95. The lowest BCUT2D eigenvalue weighted by molar-refractivity contribution is 0.387. The van der Waals surface area contributed by atoms with Crippen LogP contribution in [-0.4, -0.2) is 45.1 Å². The van der Waals surface area contributed by atoms with Crippen LogP contribution in [0.4, 0.5) is 0 Å². The van der Waals surface area contributed by atoms with Gasteiger partial charge in [0.2, 0.25) is 0 Å². The Bertz CT molecular complexity index is 703. The van der Waals surface area contributed by atoms with Crippen LogP contribution in [-0.2, 0) is 6.54 Å². The molecule has 0 radical (unpaired) electrons. The molecule has 0 aromatic carbocycles. The Morgan fingerprint density at radius 3 is 2.65 bits per heavy atom. The van der Waals surface area contributed by atoms with Crippen molar-refractivity contribution in [3.05, 3.63) is 42.7 Å². The van der Waals surface area contributed by atoms with Crippen LogP contribution >= 0.6 is 0 Å². The third-order valence-corrected chi connectivity index (χ3v) is 3.17. The summed E-state index contributed by atoms with van der Waals surface area (Å²) in [7, 11) is 4.12. The highest BCUT2D eigenvalue weighted by molar-refractivity contribution is 5.76. The van der Waals surface area contributed by atoms with Crippen LogP contribution in [0.3, 0.4) is 0 Å². The molecule has 0 unspecified atom stereocenters. The third kappa shape index (κ3) is 2.40. The van der Waals surface area contributed by atoms with Crippen molar-refractivity contribution in [1.82, 2.24) is 24.4 Å². The van der Waals surface area contributed by atoms with E-state index in [1.807, 2.05) is 30.3 Å². The average molecular weight is 267 g/mol. The summed E-state index contributed by atoms with van der Waals surface area (Å²) in [6.07, 6.45) is 3.59. The van der Waals surface area contributed by atoms with Crippen LogP contribution < -0.4 is 0 Å². The fourth-order valence-electron chi connectivity index (χ4n) is 2.16. The molecular weight excluding hydrogens is 250 g/mol. The van der Waals surface area contributed by atoms with Crippen LogP contribution in [0.1, 0.15) is 0 Å². The van der Waals surface area contributed by atoms with Gasteiger partial charge in [0.25, 0.3) is 0 Å². The molecule has 0 amide bonds. The number of fused-ring (bicyclic) bond motifs is 1. The maximum absolute atomic E-state index is 4.68. The quantitative estimate of drug-likeness (QED) is 0.726. The number of hydrogen-bond donors (Lipinski definition) is 0. The zero-order chi connectivity index (χ0) is 13.9. The van der Waals surface area contributed by atoms with Gasteiger partial charge in [0.15, 0.2) is 11.5 Å². The fourth-order valence-corrected chi connectivity index (χ4v) is 2.16. The molecule has 20 heavy (non-hydrogen) atoms. The van der Waals surface area contributed by atoms with Gasteiger partial charge < -0.3 is 9.47 Å². The number of nitrogens with zero attached hydrogens (tertiary/aromatic N) is 5. The van der Waals surface area contributed by atoms with E-state index < -0.39 is 0 Å². The molecule has 0 bridgehead atoms. The van der Waals surface area contributed by atoms with E-state index in [0.717, 1.165) is 35.8 Å². The largest absolute Gasteiger partial charge is 0.308 e. The summed E-state index contributed by atoms with van der Waals surface area (Å²) in [5.74, 6) is 0.876. The van der Waals surface area contributed by atoms with Gasteiger partial charge in [-0.25, -0.2) is 9.97 Å². The highest BCUT2D eigenvalue weighted by atomic mass is 15.2. The van der Waals surface area contributed by atoms with Gasteiger partial charge in [0, 0.05) is 25.5 Å². The monoisotopic (exact) mass is 267 g/mol. The van der Waals surface area contributed by atoms with Gasteiger partial charge in [-0.05, 0) is 38.4 Å². The maximum atomic E-state index is 4.68.